The second kappa shape index (κ2) is 11.5. The topological polar surface area (TPSA) is 86.8 Å². The van der Waals surface area contributed by atoms with E-state index >= 15 is 0 Å². The van der Waals surface area contributed by atoms with E-state index in [1.54, 1.807) is 16.9 Å². The summed E-state index contributed by atoms with van der Waals surface area (Å²) in [4.78, 5) is 21.5. The molecule has 0 unspecified atom stereocenters. The van der Waals surface area contributed by atoms with Crippen LogP contribution in [0.5, 0.6) is 5.75 Å². The van der Waals surface area contributed by atoms with Crippen LogP contribution in [-0.4, -0.2) is 58.2 Å². The van der Waals surface area contributed by atoms with Gasteiger partial charge in [0.2, 0.25) is 5.91 Å². The standard InChI is InChI=1S/C30H28N6O2/c1-2-38-26-18-27(30-25(19-31)21-33-36(30)22-26)24-12-13-28(32-20-24)34-14-16-35(17-15-34)29(37)11-7-6-10-23-8-4-3-5-9-23/h3-5,8-9,12-13,18,20-22H,2,7,11,14-17H2,1H3. The zero-order valence-electron chi connectivity index (χ0n) is 21.3. The van der Waals surface area contributed by atoms with E-state index in [1.165, 1.54) is 0 Å². The van der Waals surface area contributed by atoms with Crippen LogP contribution in [0.1, 0.15) is 30.9 Å². The molecule has 1 aliphatic rings. The van der Waals surface area contributed by atoms with Crippen molar-refractivity contribution >= 4 is 17.2 Å². The van der Waals surface area contributed by atoms with Gasteiger partial charge in [0, 0.05) is 61.9 Å². The lowest BCUT2D eigenvalue weighted by atomic mass is 10.1. The lowest BCUT2D eigenvalue weighted by Gasteiger charge is -2.35. The fourth-order valence-electron chi connectivity index (χ4n) is 4.58. The molecule has 1 aromatic carbocycles. The number of anilines is 1. The van der Waals surface area contributed by atoms with E-state index in [2.05, 4.69) is 27.9 Å². The first-order valence-corrected chi connectivity index (χ1v) is 12.7. The quantitative estimate of drug-likeness (QED) is 0.367. The number of pyridine rings is 2. The highest BCUT2D eigenvalue weighted by molar-refractivity contribution is 5.85. The van der Waals surface area contributed by atoms with Crippen LogP contribution in [0.25, 0.3) is 16.6 Å². The number of nitrogens with zero attached hydrogens (tertiary/aromatic N) is 6. The summed E-state index contributed by atoms with van der Waals surface area (Å²) in [5, 5.41) is 13.9. The van der Waals surface area contributed by atoms with E-state index in [9.17, 15) is 10.1 Å². The number of ether oxygens (including phenoxy) is 1. The van der Waals surface area contributed by atoms with Gasteiger partial charge in [-0.1, -0.05) is 30.0 Å². The number of rotatable bonds is 6. The van der Waals surface area contributed by atoms with Gasteiger partial charge in [0.1, 0.15) is 17.6 Å². The fraction of sp³-hybridized carbons (Fsp3) is 0.267. The molecule has 1 saturated heterocycles. The first kappa shape index (κ1) is 24.9. The van der Waals surface area contributed by atoms with Gasteiger partial charge in [-0.3, -0.25) is 4.79 Å². The Morgan fingerprint density at radius 3 is 2.61 bits per heavy atom. The zero-order valence-corrected chi connectivity index (χ0v) is 21.3. The maximum Gasteiger partial charge on any atom is 0.223 e. The van der Waals surface area contributed by atoms with Crippen LogP contribution < -0.4 is 9.64 Å². The minimum absolute atomic E-state index is 0.141. The molecule has 1 amide bonds. The molecule has 190 valence electrons. The highest BCUT2D eigenvalue weighted by Gasteiger charge is 2.22. The molecule has 4 heterocycles. The molecular weight excluding hydrogens is 476 g/mol. The van der Waals surface area contributed by atoms with Crippen LogP contribution >= 0.6 is 0 Å². The third-order valence-electron chi connectivity index (χ3n) is 6.50. The van der Waals surface area contributed by atoms with Crippen molar-refractivity contribution < 1.29 is 9.53 Å². The van der Waals surface area contributed by atoms with Crippen LogP contribution in [0.4, 0.5) is 5.82 Å². The molecule has 1 aliphatic heterocycles. The van der Waals surface area contributed by atoms with Crippen LogP contribution in [0.3, 0.4) is 0 Å². The molecule has 5 rings (SSSR count). The van der Waals surface area contributed by atoms with Gasteiger partial charge >= 0.3 is 0 Å². The Kier molecular flexibility index (Phi) is 7.52. The molecule has 0 bridgehead atoms. The smallest absolute Gasteiger partial charge is 0.223 e. The van der Waals surface area contributed by atoms with Gasteiger partial charge < -0.3 is 14.5 Å². The number of carbonyl (C=O) groups excluding carboxylic acids is 1. The lowest BCUT2D eigenvalue weighted by molar-refractivity contribution is -0.131. The molecule has 8 nitrogen and oxygen atoms in total. The maximum absolute atomic E-state index is 12.6. The molecule has 0 spiro atoms. The highest BCUT2D eigenvalue weighted by Crippen LogP contribution is 2.31. The van der Waals surface area contributed by atoms with E-state index in [0.717, 1.165) is 41.1 Å². The Morgan fingerprint density at radius 2 is 1.89 bits per heavy atom. The third kappa shape index (κ3) is 5.45. The molecule has 3 aromatic heterocycles. The predicted molar refractivity (Wildman–Crippen MR) is 146 cm³/mol. The van der Waals surface area contributed by atoms with Gasteiger partial charge in [-0.2, -0.15) is 10.4 Å². The minimum atomic E-state index is 0.141. The second-order valence-corrected chi connectivity index (χ2v) is 8.93. The van der Waals surface area contributed by atoms with E-state index in [0.29, 0.717) is 43.9 Å². The lowest BCUT2D eigenvalue weighted by Crippen LogP contribution is -2.49. The van der Waals surface area contributed by atoms with Crippen molar-refractivity contribution in [2.45, 2.75) is 19.8 Å². The summed E-state index contributed by atoms with van der Waals surface area (Å²) in [6.07, 6.45) is 6.15. The molecule has 0 atom stereocenters. The first-order chi connectivity index (χ1) is 18.7. The van der Waals surface area contributed by atoms with Crippen LogP contribution in [-0.2, 0) is 4.79 Å². The molecule has 1 fully saturated rings. The van der Waals surface area contributed by atoms with Crippen LogP contribution in [0, 0.1) is 23.2 Å². The van der Waals surface area contributed by atoms with Crippen LogP contribution in [0.2, 0.25) is 0 Å². The van der Waals surface area contributed by atoms with Crippen LogP contribution in [0.15, 0.2) is 67.1 Å². The monoisotopic (exact) mass is 504 g/mol. The molecular formula is C30H28N6O2. The summed E-state index contributed by atoms with van der Waals surface area (Å²) in [6, 6.07) is 17.9. The van der Waals surface area contributed by atoms with Gasteiger partial charge in [-0.05, 0) is 37.3 Å². The van der Waals surface area contributed by atoms with Crippen molar-refractivity contribution in [3.8, 4) is 34.8 Å². The number of fused-ring (bicyclic) bond motifs is 1. The van der Waals surface area contributed by atoms with Crippen molar-refractivity contribution in [2.75, 3.05) is 37.7 Å². The normalized spacial score (nSPS) is 13.1. The average molecular weight is 505 g/mol. The van der Waals surface area contributed by atoms with Gasteiger partial charge in [0.15, 0.2) is 0 Å². The molecule has 0 radical (unpaired) electrons. The van der Waals surface area contributed by atoms with E-state index in [-0.39, 0.29) is 5.91 Å². The Hall–Kier alpha value is -4.82. The number of piperazine rings is 1. The Balaban J connectivity index is 1.21. The Bertz CT molecular complexity index is 1520. The molecule has 4 aromatic rings. The van der Waals surface area contributed by atoms with E-state index in [1.807, 2.05) is 66.6 Å². The Labute approximate surface area is 222 Å². The Morgan fingerprint density at radius 1 is 1.08 bits per heavy atom. The second-order valence-electron chi connectivity index (χ2n) is 8.93. The fourth-order valence-corrected chi connectivity index (χ4v) is 4.58. The summed E-state index contributed by atoms with van der Waals surface area (Å²) in [5.74, 6) is 7.89. The number of hydrogen-bond acceptors (Lipinski definition) is 6. The summed E-state index contributed by atoms with van der Waals surface area (Å²) in [7, 11) is 0. The largest absolute Gasteiger partial charge is 0.492 e. The molecule has 8 heteroatoms. The SMILES string of the molecule is CCOc1cc(-c2ccc(N3CCN(C(=O)CCC#Cc4ccccc4)CC3)nc2)c2c(C#N)cnn2c1. The van der Waals surface area contributed by atoms with Crippen molar-refractivity contribution in [2.24, 2.45) is 0 Å². The molecule has 0 aliphatic carbocycles. The van der Waals surface area contributed by atoms with Crippen molar-refractivity contribution in [1.82, 2.24) is 19.5 Å². The predicted octanol–water partition coefficient (Wildman–Crippen LogP) is 4.15. The molecule has 0 N–H and O–H groups in total. The van der Waals surface area contributed by atoms with E-state index in [4.69, 9.17) is 9.72 Å². The summed E-state index contributed by atoms with van der Waals surface area (Å²) in [6.45, 7) is 5.22. The van der Waals surface area contributed by atoms with Crippen molar-refractivity contribution in [3.05, 3.63) is 78.2 Å². The number of hydrogen-bond donors (Lipinski definition) is 0. The van der Waals surface area contributed by atoms with E-state index < -0.39 is 0 Å². The molecule has 38 heavy (non-hydrogen) atoms. The summed E-state index contributed by atoms with van der Waals surface area (Å²) >= 11 is 0. The minimum Gasteiger partial charge on any atom is -0.492 e. The third-order valence-corrected chi connectivity index (χ3v) is 6.50. The van der Waals surface area contributed by atoms with Crippen molar-refractivity contribution in [3.63, 3.8) is 0 Å². The zero-order chi connectivity index (χ0) is 26.3. The summed E-state index contributed by atoms with van der Waals surface area (Å²) in [5.41, 5.74) is 3.91. The highest BCUT2D eigenvalue weighted by atomic mass is 16.5. The van der Waals surface area contributed by atoms with Crippen molar-refractivity contribution in [1.29, 1.82) is 5.26 Å². The van der Waals surface area contributed by atoms with Gasteiger partial charge in [-0.25, -0.2) is 9.50 Å². The number of benzene rings is 1. The summed E-state index contributed by atoms with van der Waals surface area (Å²) < 4.78 is 7.38. The number of amides is 1. The first-order valence-electron chi connectivity index (χ1n) is 12.7. The van der Waals surface area contributed by atoms with Gasteiger partial charge in [0.25, 0.3) is 0 Å². The van der Waals surface area contributed by atoms with Gasteiger partial charge in [-0.15, -0.1) is 0 Å². The number of carbonyl (C=O) groups is 1. The molecule has 0 saturated carbocycles. The number of nitriles is 1. The number of aromatic nitrogens is 3. The average Bonchev–Trinajstić information content (AvgIpc) is 3.39. The maximum atomic E-state index is 12.6. The van der Waals surface area contributed by atoms with Gasteiger partial charge in [0.05, 0.1) is 30.1 Å².